The molecule has 2 heterocycles. The van der Waals surface area contributed by atoms with Gasteiger partial charge < -0.3 is 5.32 Å². The van der Waals surface area contributed by atoms with Crippen molar-refractivity contribution >= 4 is 38.8 Å². The molecule has 0 aliphatic carbocycles. The third-order valence-electron chi connectivity index (χ3n) is 4.67. The largest absolute Gasteiger partial charge is 0.306 e. The van der Waals surface area contributed by atoms with Gasteiger partial charge >= 0.3 is 0 Å². The Balaban J connectivity index is 1.84. The lowest BCUT2D eigenvalue weighted by atomic mass is 10.1. The molecule has 0 unspecified atom stereocenters. The number of imidazole rings is 1. The van der Waals surface area contributed by atoms with E-state index in [0.717, 1.165) is 17.4 Å². The fraction of sp³-hybridized carbons (Fsp3) is 0.0909. The van der Waals surface area contributed by atoms with E-state index in [2.05, 4.69) is 10.3 Å². The molecule has 0 saturated carbocycles. The minimum absolute atomic E-state index is 0.0223. The lowest BCUT2D eigenvalue weighted by Crippen LogP contribution is -2.15. The van der Waals surface area contributed by atoms with Crippen LogP contribution in [0.1, 0.15) is 15.9 Å². The number of nitrogens with one attached hydrogen (secondary N) is 1. The van der Waals surface area contributed by atoms with E-state index in [0.29, 0.717) is 17.2 Å². The molecule has 1 amide bonds. The van der Waals surface area contributed by atoms with Gasteiger partial charge in [0, 0.05) is 18.0 Å². The molecule has 0 spiro atoms. The summed E-state index contributed by atoms with van der Waals surface area (Å²) in [5, 5.41) is 3.03. The molecule has 2 aromatic heterocycles. The quantitative estimate of drug-likeness (QED) is 0.503. The topological polar surface area (TPSA) is 80.5 Å². The predicted octanol–water partition coefficient (Wildman–Crippen LogP) is 4.62. The standard InChI is InChI=1S/C22H18ClN3O3S/c1-14-10-11-26-19(12-14)24-20(15-6-4-3-5-7-15)21(26)25-22(27)17-13-16(30(2,28)29)8-9-18(17)23/h3-13H,1-2H3,(H,25,27). The number of rotatable bonds is 4. The molecule has 4 rings (SSSR count). The van der Waals surface area contributed by atoms with Gasteiger partial charge in [-0.3, -0.25) is 9.20 Å². The Bertz CT molecular complexity index is 1380. The van der Waals surface area contributed by atoms with E-state index in [1.54, 1.807) is 4.40 Å². The molecule has 0 aliphatic heterocycles. The van der Waals surface area contributed by atoms with Gasteiger partial charge in [-0.25, -0.2) is 13.4 Å². The second-order valence-corrected chi connectivity index (χ2v) is 9.40. The summed E-state index contributed by atoms with van der Waals surface area (Å²) in [5.74, 6) is -0.0490. The van der Waals surface area contributed by atoms with E-state index in [1.165, 1.54) is 18.2 Å². The summed E-state index contributed by atoms with van der Waals surface area (Å²) in [5.41, 5.74) is 3.23. The van der Waals surface area contributed by atoms with Crippen molar-refractivity contribution in [1.82, 2.24) is 9.38 Å². The lowest BCUT2D eigenvalue weighted by molar-refractivity contribution is 0.102. The number of benzene rings is 2. The number of amides is 1. The molecule has 0 saturated heterocycles. The average Bonchev–Trinajstić information content (AvgIpc) is 3.05. The van der Waals surface area contributed by atoms with Gasteiger partial charge in [-0.05, 0) is 42.8 Å². The molecule has 4 aromatic rings. The number of pyridine rings is 1. The van der Waals surface area contributed by atoms with Gasteiger partial charge in [0.1, 0.15) is 17.2 Å². The number of carbonyl (C=O) groups is 1. The molecule has 0 radical (unpaired) electrons. The zero-order valence-electron chi connectivity index (χ0n) is 16.3. The molecule has 0 bridgehead atoms. The van der Waals surface area contributed by atoms with Crippen molar-refractivity contribution in [3.8, 4) is 11.3 Å². The number of anilines is 1. The van der Waals surface area contributed by atoms with Crippen LogP contribution in [0.5, 0.6) is 0 Å². The highest BCUT2D eigenvalue weighted by atomic mass is 35.5. The highest BCUT2D eigenvalue weighted by molar-refractivity contribution is 7.90. The second kappa shape index (κ2) is 7.59. The maximum atomic E-state index is 13.1. The Kier molecular flexibility index (Phi) is 5.09. The molecule has 0 atom stereocenters. The summed E-state index contributed by atoms with van der Waals surface area (Å²) in [6, 6.07) is 17.4. The van der Waals surface area contributed by atoms with Gasteiger partial charge in [0.25, 0.3) is 5.91 Å². The van der Waals surface area contributed by atoms with E-state index >= 15 is 0 Å². The highest BCUT2D eigenvalue weighted by Crippen LogP contribution is 2.30. The number of carbonyl (C=O) groups excluding carboxylic acids is 1. The molecule has 1 N–H and O–H groups in total. The third-order valence-corrected chi connectivity index (χ3v) is 6.11. The summed E-state index contributed by atoms with van der Waals surface area (Å²) >= 11 is 6.20. The SMILES string of the molecule is Cc1ccn2c(NC(=O)c3cc(S(C)(=O)=O)ccc3Cl)c(-c3ccccc3)nc2c1. The lowest BCUT2D eigenvalue weighted by Gasteiger charge is -2.10. The van der Waals surface area contributed by atoms with Crippen LogP contribution in [0.15, 0.2) is 71.8 Å². The van der Waals surface area contributed by atoms with Crippen LogP contribution < -0.4 is 5.32 Å². The summed E-state index contributed by atoms with van der Waals surface area (Å²) in [7, 11) is -3.48. The van der Waals surface area contributed by atoms with Gasteiger partial charge in [0.2, 0.25) is 0 Å². The van der Waals surface area contributed by atoms with Crippen LogP contribution >= 0.6 is 11.6 Å². The Morgan fingerprint density at radius 2 is 1.80 bits per heavy atom. The number of fused-ring (bicyclic) bond motifs is 1. The van der Waals surface area contributed by atoms with Crippen LogP contribution in [0.25, 0.3) is 16.9 Å². The van der Waals surface area contributed by atoms with E-state index < -0.39 is 15.7 Å². The normalized spacial score (nSPS) is 11.6. The first-order valence-corrected chi connectivity index (χ1v) is 11.4. The maximum absolute atomic E-state index is 13.1. The van der Waals surface area contributed by atoms with Crippen LogP contribution in [0.2, 0.25) is 5.02 Å². The number of halogens is 1. The van der Waals surface area contributed by atoms with Gasteiger partial charge in [-0.1, -0.05) is 41.9 Å². The zero-order chi connectivity index (χ0) is 21.5. The summed E-state index contributed by atoms with van der Waals surface area (Å²) < 4.78 is 25.6. The Morgan fingerprint density at radius 1 is 1.07 bits per heavy atom. The fourth-order valence-electron chi connectivity index (χ4n) is 3.15. The van der Waals surface area contributed by atoms with Crippen molar-refractivity contribution in [3.05, 3.63) is 83.0 Å². The third kappa shape index (κ3) is 3.81. The van der Waals surface area contributed by atoms with Gasteiger partial charge in [-0.15, -0.1) is 0 Å². The van der Waals surface area contributed by atoms with Crippen molar-refractivity contribution in [2.45, 2.75) is 11.8 Å². The van der Waals surface area contributed by atoms with Crippen molar-refractivity contribution in [1.29, 1.82) is 0 Å². The Labute approximate surface area is 179 Å². The number of sulfone groups is 1. The van der Waals surface area contributed by atoms with Crippen LogP contribution in [0.4, 0.5) is 5.82 Å². The first-order valence-electron chi connectivity index (χ1n) is 9.09. The van der Waals surface area contributed by atoms with Crippen LogP contribution in [0.3, 0.4) is 0 Å². The number of hydrogen-bond acceptors (Lipinski definition) is 4. The van der Waals surface area contributed by atoms with Crippen molar-refractivity contribution in [3.63, 3.8) is 0 Å². The maximum Gasteiger partial charge on any atom is 0.258 e. The smallest absolute Gasteiger partial charge is 0.258 e. The molecule has 0 fully saturated rings. The second-order valence-electron chi connectivity index (χ2n) is 6.98. The minimum Gasteiger partial charge on any atom is -0.306 e. The first-order chi connectivity index (χ1) is 14.2. The summed E-state index contributed by atoms with van der Waals surface area (Å²) in [4.78, 5) is 17.8. The van der Waals surface area contributed by atoms with Crippen LogP contribution in [-0.2, 0) is 9.84 Å². The van der Waals surface area contributed by atoms with Crippen molar-refractivity contribution in [2.75, 3.05) is 11.6 Å². The predicted molar refractivity (Wildman–Crippen MR) is 118 cm³/mol. The monoisotopic (exact) mass is 439 g/mol. The van der Waals surface area contributed by atoms with Crippen LogP contribution in [0, 0.1) is 6.92 Å². The molecule has 8 heteroatoms. The van der Waals surface area contributed by atoms with Crippen molar-refractivity contribution in [2.24, 2.45) is 0 Å². The number of aryl methyl sites for hydroxylation is 1. The molecule has 152 valence electrons. The van der Waals surface area contributed by atoms with Gasteiger partial charge in [0.05, 0.1) is 15.5 Å². The van der Waals surface area contributed by atoms with E-state index in [1.807, 2.05) is 55.6 Å². The van der Waals surface area contributed by atoms with Crippen LogP contribution in [-0.4, -0.2) is 30.0 Å². The first kappa shape index (κ1) is 20.1. The zero-order valence-corrected chi connectivity index (χ0v) is 17.8. The van der Waals surface area contributed by atoms with E-state index in [-0.39, 0.29) is 15.5 Å². The minimum atomic E-state index is -3.48. The number of nitrogens with zero attached hydrogens (tertiary/aromatic N) is 2. The van der Waals surface area contributed by atoms with E-state index in [9.17, 15) is 13.2 Å². The van der Waals surface area contributed by atoms with Gasteiger partial charge in [0.15, 0.2) is 9.84 Å². The van der Waals surface area contributed by atoms with E-state index in [4.69, 9.17) is 11.6 Å². The molecule has 30 heavy (non-hydrogen) atoms. The van der Waals surface area contributed by atoms with Gasteiger partial charge in [-0.2, -0.15) is 0 Å². The average molecular weight is 440 g/mol. The summed E-state index contributed by atoms with van der Waals surface area (Å²) in [6.07, 6.45) is 2.91. The molecular formula is C22H18ClN3O3S. The van der Waals surface area contributed by atoms with Crippen molar-refractivity contribution < 1.29 is 13.2 Å². The number of hydrogen-bond donors (Lipinski definition) is 1. The fourth-order valence-corrected chi connectivity index (χ4v) is 4.00. The highest BCUT2D eigenvalue weighted by Gasteiger charge is 2.20. The molecule has 0 aliphatic rings. The summed E-state index contributed by atoms with van der Waals surface area (Å²) in [6.45, 7) is 1.96. The molecule has 2 aromatic carbocycles. The Hall–Kier alpha value is -3.16. The molecule has 6 nitrogen and oxygen atoms in total. The number of aromatic nitrogens is 2. The Morgan fingerprint density at radius 3 is 2.50 bits per heavy atom. The molecular weight excluding hydrogens is 422 g/mol.